The summed E-state index contributed by atoms with van der Waals surface area (Å²) in [7, 11) is 0. The van der Waals surface area contributed by atoms with E-state index in [2.05, 4.69) is 15.2 Å². The number of hydrogen-bond donors (Lipinski definition) is 2. The molecule has 2 N–H and O–H groups in total. The number of aromatic hydroxyl groups is 1. The highest BCUT2D eigenvalue weighted by molar-refractivity contribution is 5.89. The summed E-state index contributed by atoms with van der Waals surface area (Å²) in [6.45, 7) is 4.85. The Bertz CT molecular complexity index is 668. The van der Waals surface area contributed by atoms with Gasteiger partial charge in [-0.2, -0.15) is 0 Å². The predicted molar refractivity (Wildman–Crippen MR) is 92.0 cm³/mol. The van der Waals surface area contributed by atoms with E-state index in [-0.39, 0.29) is 13.2 Å². The summed E-state index contributed by atoms with van der Waals surface area (Å²) in [5.74, 6) is 1.14. The second-order valence-corrected chi connectivity index (χ2v) is 5.64. The van der Waals surface area contributed by atoms with Crippen LogP contribution in [0.5, 0.6) is 5.75 Å². The van der Waals surface area contributed by atoms with Crippen molar-refractivity contribution in [3.8, 4) is 5.75 Å². The summed E-state index contributed by atoms with van der Waals surface area (Å²) >= 11 is 0. The fourth-order valence-electron chi connectivity index (χ4n) is 2.53. The van der Waals surface area contributed by atoms with Gasteiger partial charge in [-0.05, 0) is 42.8 Å². The van der Waals surface area contributed by atoms with Crippen LogP contribution in [0.3, 0.4) is 0 Å². The molecular formula is C17H22N4O2. The van der Waals surface area contributed by atoms with Crippen molar-refractivity contribution in [2.45, 2.75) is 6.92 Å². The highest BCUT2D eigenvalue weighted by atomic mass is 16.3. The molecule has 6 heteroatoms. The molecule has 1 aromatic heterocycles. The maximum Gasteiger partial charge on any atom is 0.321 e. The maximum absolute atomic E-state index is 12.3. The van der Waals surface area contributed by atoms with E-state index in [1.165, 1.54) is 0 Å². The first-order chi connectivity index (χ1) is 11.1. The number of urea groups is 1. The van der Waals surface area contributed by atoms with Gasteiger partial charge in [-0.15, -0.1) is 0 Å². The molecule has 1 fully saturated rings. The molecule has 1 aliphatic heterocycles. The fraction of sp³-hybridized carbons (Fsp3) is 0.294. The molecule has 3 rings (SSSR count). The van der Waals surface area contributed by atoms with E-state index in [1.807, 2.05) is 25.3 Å². The fourth-order valence-corrected chi connectivity index (χ4v) is 2.53. The molecule has 0 spiro atoms. The van der Waals surface area contributed by atoms with Crippen molar-refractivity contribution in [2.75, 3.05) is 36.4 Å². The van der Waals surface area contributed by atoms with Crippen molar-refractivity contribution in [1.29, 1.82) is 0 Å². The molecule has 1 aliphatic rings. The van der Waals surface area contributed by atoms with Crippen LogP contribution in [0.4, 0.5) is 16.3 Å². The Labute approximate surface area is 136 Å². The summed E-state index contributed by atoms with van der Waals surface area (Å²) in [5.41, 5.74) is 1.82. The molecule has 1 saturated heterocycles. The number of phenolic OH excluding ortho intramolecular Hbond substituents is 1. The van der Waals surface area contributed by atoms with Crippen molar-refractivity contribution in [1.82, 2.24) is 9.88 Å². The molecule has 2 heterocycles. The third-order valence-corrected chi connectivity index (χ3v) is 3.91. The lowest BCUT2D eigenvalue weighted by atomic mass is 10.2. The number of rotatable bonds is 2. The van der Waals surface area contributed by atoms with Gasteiger partial charge in [0.05, 0.1) is 0 Å². The molecule has 2 amide bonds. The van der Waals surface area contributed by atoms with Crippen LogP contribution in [0.25, 0.3) is 0 Å². The number of piperazine rings is 1. The molecule has 0 bridgehead atoms. The predicted octanol–water partition coefficient (Wildman–Crippen LogP) is 2.70. The van der Waals surface area contributed by atoms with Crippen molar-refractivity contribution < 1.29 is 11.3 Å². The molecule has 23 heavy (non-hydrogen) atoms. The summed E-state index contributed by atoms with van der Waals surface area (Å²) in [5, 5.41) is 12.1. The molecule has 6 nitrogen and oxygen atoms in total. The first-order valence-corrected chi connectivity index (χ1v) is 7.64. The van der Waals surface area contributed by atoms with Crippen molar-refractivity contribution >= 4 is 17.5 Å². The number of hydrogen-bond acceptors (Lipinski definition) is 4. The molecule has 122 valence electrons. The second kappa shape index (κ2) is 6.56. The summed E-state index contributed by atoms with van der Waals surface area (Å²) in [6, 6.07) is 10.4. The Balaban J connectivity index is 0.00000208. The van der Waals surface area contributed by atoms with Crippen LogP contribution in [-0.2, 0) is 0 Å². The number of amides is 2. The highest BCUT2D eigenvalue weighted by Gasteiger charge is 2.21. The Morgan fingerprint density at radius 1 is 1.13 bits per heavy atom. The van der Waals surface area contributed by atoms with Crippen molar-refractivity contribution in [2.24, 2.45) is 0 Å². The first-order valence-electron chi connectivity index (χ1n) is 7.64. The second-order valence-electron chi connectivity index (χ2n) is 5.64. The molecule has 1 aromatic carbocycles. The lowest BCUT2D eigenvalue weighted by molar-refractivity contribution is 0.208. The van der Waals surface area contributed by atoms with Crippen LogP contribution in [0, 0.1) is 6.92 Å². The number of aryl methyl sites for hydroxylation is 1. The summed E-state index contributed by atoms with van der Waals surface area (Å²) < 4.78 is 0. The van der Waals surface area contributed by atoms with Gasteiger partial charge in [-0.1, -0.05) is 6.07 Å². The molecule has 0 radical (unpaired) electrons. The zero-order chi connectivity index (χ0) is 16.2. The Morgan fingerprint density at radius 2 is 1.83 bits per heavy atom. The number of benzene rings is 1. The van der Waals surface area contributed by atoms with E-state index in [0.29, 0.717) is 18.8 Å². The number of nitrogens with zero attached hydrogens (tertiary/aromatic N) is 3. The quantitative estimate of drug-likeness (QED) is 0.836. The van der Waals surface area contributed by atoms with Crippen molar-refractivity contribution in [3.63, 3.8) is 0 Å². The molecule has 0 atom stereocenters. The smallest absolute Gasteiger partial charge is 0.321 e. The average Bonchev–Trinajstić information content (AvgIpc) is 2.58. The third-order valence-electron chi connectivity index (χ3n) is 3.91. The normalized spacial score (nSPS) is 14.7. The number of anilines is 2. The van der Waals surface area contributed by atoms with Crippen LogP contribution in [-0.4, -0.2) is 47.2 Å². The van der Waals surface area contributed by atoms with Gasteiger partial charge in [-0.3, -0.25) is 0 Å². The number of carbonyl (C=O) groups excluding carboxylic acids is 1. The first kappa shape index (κ1) is 15.1. The minimum absolute atomic E-state index is 0. The van der Waals surface area contributed by atoms with Gasteiger partial charge in [0, 0.05) is 39.5 Å². The molecular weight excluding hydrogens is 292 g/mol. The van der Waals surface area contributed by atoms with Gasteiger partial charge < -0.3 is 20.2 Å². The largest absolute Gasteiger partial charge is 0.508 e. The van der Waals surface area contributed by atoms with Crippen LogP contribution >= 0.6 is 0 Å². The monoisotopic (exact) mass is 314 g/mol. The lowest BCUT2D eigenvalue weighted by Gasteiger charge is -2.35. The maximum atomic E-state index is 12.3. The topological polar surface area (TPSA) is 68.7 Å². The van der Waals surface area contributed by atoms with Gasteiger partial charge in [0.25, 0.3) is 0 Å². The lowest BCUT2D eigenvalue weighted by Crippen LogP contribution is -2.50. The highest BCUT2D eigenvalue weighted by Crippen LogP contribution is 2.16. The Kier molecular flexibility index (Phi) is 4.32. The van der Waals surface area contributed by atoms with E-state index in [0.717, 1.165) is 24.5 Å². The van der Waals surface area contributed by atoms with E-state index in [9.17, 15) is 9.90 Å². The van der Waals surface area contributed by atoms with E-state index >= 15 is 0 Å². The number of aromatic nitrogens is 1. The van der Waals surface area contributed by atoms with Crippen LogP contribution < -0.4 is 10.2 Å². The molecule has 2 aromatic rings. The zero-order valence-electron chi connectivity index (χ0n) is 13.1. The van der Waals surface area contributed by atoms with Gasteiger partial charge in [0.1, 0.15) is 11.6 Å². The van der Waals surface area contributed by atoms with E-state index in [1.54, 1.807) is 29.2 Å². The standard InChI is InChI=1S/C17H20N4O2.H2/c1-13-2-7-16(18-12-13)20-8-10-21(11-9-20)17(23)19-14-3-5-15(22)6-4-14;/h2-7,12,22H,8-11H2,1H3,(H,19,23);1H. The summed E-state index contributed by atoms with van der Waals surface area (Å²) in [4.78, 5) is 20.7. The van der Waals surface area contributed by atoms with Crippen LogP contribution in [0.2, 0.25) is 0 Å². The summed E-state index contributed by atoms with van der Waals surface area (Å²) in [6.07, 6.45) is 1.86. The Hall–Kier alpha value is -2.76. The number of nitrogens with one attached hydrogen (secondary N) is 1. The molecule has 0 aliphatic carbocycles. The zero-order valence-corrected chi connectivity index (χ0v) is 13.1. The van der Waals surface area contributed by atoms with Gasteiger partial charge in [0.15, 0.2) is 0 Å². The van der Waals surface area contributed by atoms with E-state index in [4.69, 9.17) is 0 Å². The number of phenols is 1. The SMILES string of the molecule is Cc1ccc(N2CCN(C(=O)Nc3ccc(O)cc3)CC2)nc1.[HH]. The minimum Gasteiger partial charge on any atom is -0.508 e. The minimum atomic E-state index is -0.118. The van der Waals surface area contributed by atoms with E-state index < -0.39 is 0 Å². The molecule has 0 saturated carbocycles. The Morgan fingerprint density at radius 3 is 2.43 bits per heavy atom. The number of pyridine rings is 1. The van der Waals surface area contributed by atoms with Gasteiger partial charge in [0.2, 0.25) is 0 Å². The van der Waals surface area contributed by atoms with Crippen molar-refractivity contribution in [3.05, 3.63) is 48.2 Å². The number of carbonyl (C=O) groups is 1. The van der Waals surface area contributed by atoms with Crippen LogP contribution in [0.15, 0.2) is 42.6 Å². The third kappa shape index (κ3) is 3.71. The van der Waals surface area contributed by atoms with Gasteiger partial charge in [-0.25, -0.2) is 9.78 Å². The van der Waals surface area contributed by atoms with Gasteiger partial charge >= 0.3 is 6.03 Å². The van der Waals surface area contributed by atoms with Crippen LogP contribution in [0.1, 0.15) is 6.99 Å². The average molecular weight is 314 g/mol. The molecule has 0 unspecified atom stereocenters.